The van der Waals surface area contributed by atoms with E-state index in [-0.39, 0.29) is 5.92 Å². The SMILES string of the molecule is C=C(C)C.CCCCCCCCCCC(C(C)C)S(=O)(=O)O. The van der Waals surface area contributed by atoms with E-state index in [4.69, 9.17) is 4.55 Å². The van der Waals surface area contributed by atoms with Crippen LogP contribution in [0.1, 0.15) is 92.4 Å². The van der Waals surface area contributed by atoms with Crippen molar-refractivity contribution in [1.29, 1.82) is 0 Å². The molecule has 0 aromatic heterocycles. The molecule has 3 nitrogen and oxygen atoms in total. The summed E-state index contributed by atoms with van der Waals surface area (Å²) in [6.45, 7) is 13.4. The van der Waals surface area contributed by atoms with Gasteiger partial charge >= 0.3 is 0 Å². The lowest BCUT2D eigenvalue weighted by Gasteiger charge is -2.17. The summed E-state index contributed by atoms with van der Waals surface area (Å²) in [5, 5.41) is -0.586. The van der Waals surface area contributed by atoms with E-state index in [0.29, 0.717) is 6.42 Å². The number of hydrogen-bond acceptors (Lipinski definition) is 2. The van der Waals surface area contributed by atoms with Crippen LogP contribution in [0.5, 0.6) is 0 Å². The molecule has 0 fully saturated rings. The van der Waals surface area contributed by atoms with Gasteiger partial charge in [0.05, 0.1) is 5.25 Å². The summed E-state index contributed by atoms with van der Waals surface area (Å²) < 4.78 is 31.5. The van der Waals surface area contributed by atoms with Crippen molar-refractivity contribution in [1.82, 2.24) is 0 Å². The third-order valence-electron chi connectivity index (χ3n) is 3.47. The van der Waals surface area contributed by atoms with E-state index in [9.17, 15) is 8.42 Å². The van der Waals surface area contributed by atoms with Gasteiger partial charge in [0.2, 0.25) is 0 Å². The number of allylic oxidation sites excluding steroid dienone is 1. The van der Waals surface area contributed by atoms with Crippen LogP contribution >= 0.6 is 0 Å². The summed E-state index contributed by atoms with van der Waals surface area (Å²) in [6.07, 6.45) is 10.2. The highest BCUT2D eigenvalue weighted by Gasteiger charge is 2.25. The average molecular weight is 335 g/mol. The highest BCUT2D eigenvalue weighted by Crippen LogP contribution is 2.19. The molecule has 0 saturated heterocycles. The predicted octanol–water partition coefficient (Wildman–Crippen LogP) is 6.01. The third kappa shape index (κ3) is 17.7. The molecule has 0 aliphatic carbocycles. The molecule has 0 aromatic carbocycles. The summed E-state index contributed by atoms with van der Waals surface area (Å²) in [4.78, 5) is 0. The Morgan fingerprint density at radius 2 is 1.32 bits per heavy atom. The summed E-state index contributed by atoms with van der Waals surface area (Å²) in [5.41, 5.74) is 1.17. The molecule has 22 heavy (non-hydrogen) atoms. The maximum Gasteiger partial charge on any atom is 0.268 e. The molecular formula is C18H38O3S. The summed E-state index contributed by atoms with van der Waals surface area (Å²) in [5.74, 6) is -0.00967. The molecule has 134 valence electrons. The molecule has 0 aliphatic rings. The van der Waals surface area contributed by atoms with Gasteiger partial charge in [-0.25, -0.2) is 0 Å². The second kappa shape index (κ2) is 14.3. The van der Waals surface area contributed by atoms with Crippen LogP contribution in [-0.2, 0) is 10.1 Å². The van der Waals surface area contributed by atoms with E-state index in [1.807, 2.05) is 27.7 Å². The zero-order valence-corrected chi connectivity index (χ0v) is 16.2. The van der Waals surface area contributed by atoms with Crippen molar-refractivity contribution in [2.24, 2.45) is 5.92 Å². The predicted molar refractivity (Wildman–Crippen MR) is 97.9 cm³/mol. The van der Waals surface area contributed by atoms with Crippen molar-refractivity contribution in [3.8, 4) is 0 Å². The van der Waals surface area contributed by atoms with Gasteiger partial charge in [0, 0.05) is 0 Å². The van der Waals surface area contributed by atoms with Gasteiger partial charge in [-0.15, -0.1) is 6.58 Å². The van der Waals surface area contributed by atoms with Gasteiger partial charge in [-0.05, 0) is 26.2 Å². The van der Waals surface area contributed by atoms with Gasteiger partial charge in [0.25, 0.3) is 10.1 Å². The lowest BCUT2D eigenvalue weighted by molar-refractivity contribution is 0.423. The number of rotatable bonds is 11. The smallest absolute Gasteiger partial charge is 0.268 e. The quantitative estimate of drug-likeness (QED) is 0.286. The summed E-state index contributed by atoms with van der Waals surface area (Å²) in [7, 11) is -3.87. The normalized spacial score (nSPS) is 12.7. The molecule has 1 unspecified atom stereocenters. The average Bonchev–Trinajstić information content (AvgIpc) is 2.34. The Hall–Kier alpha value is -0.350. The lowest BCUT2D eigenvalue weighted by Crippen LogP contribution is -2.26. The Balaban J connectivity index is 0. The van der Waals surface area contributed by atoms with Crippen LogP contribution in [0.2, 0.25) is 0 Å². The van der Waals surface area contributed by atoms with Crippen LogP contribution in [0.4, 0.5) is 0 Å². The Morgan fingerprint density at radius 1 is 0.955 bits per heavy atom. The Labute approximate surface area is 139 Å². The second-order valence-corrected chi connectivity index (χ2v) is 8.40. The molecule has 0 saturated carbocycles. The first-order valence-electron chi connectivity index (χ1n) is 8.71. The van der Waals surface area contributed by atoms with Gasteiger partial charge in [-0.3, -0.25) is 4.55 Å². The van der Waals surface area contributed by atoms with E-state index in [0.717, 1.165) is 12.8 Å². The first-order valence-corrected chi connectivity index (χ1v) is 10.2. The van der Waals surface area contributed by atoms with Crippen LogP contribution in [0, 0.1) is 5.92 Å². The molecule has 0 heterocycles. The highest BCUT2D eigenvalue weighted by atomic mass is 32.2. The summed E-state index contributed by atoms with van der Waals surface area (Å²) in [6, 6.07) is 0. The molecule has 0 amide bonds. The maximum atomic E-state index is 11.2. The van der Waals surface area contributed by atoms with Crippen LogP contribution in [0.3, 0.4) is 0 Å². The highest BCUT2D eigenvalue weighted by molar-refractivity contribution is 7.86. The first kappa shape index (κ1) is 23.9. The van der Waals surface area contributed by atoms with E-state index in [2.05, 4.69) is 13.5 Å². The Morgan fingerprint density at radius 3 is 1.64 bits per heavy atom. The molecule has 0 spiro atoms. The van der Waals surface area contributed by atoms with Crippen LogP contribution in [0.15, 0.2) is 12.2 Å². The second-order valence-electron chi connectivity index (χ2n) is 6.77. The van der Waals surface area contributed by atoms with Gasteiger partial charge in [0.1, 0.15) is 0 Å². The summed E-state index contributed by atoms with van der Waals surface area (Å²) >= 11 is 0. The Kier molecular flexibility index (Phi) is 15.5. The van der Waals surface area contributed by atoms with Gasteiger partial charge in [-0.1, -0.05) is 77.7 Å². The van der Waals surface area contributed by atoms with Crippen molar-refractivity contribution in [3.63, 3.8) is 0 Å². The fourth-order valence-electron chi connectivity index (χ4n) is 2.31. The molecule has 0 radical (unpaired) electrons. The number of hydrogen-bond donors (Lipinski definition) is 1. The molecular weight excluding hydrogens is 296 g/mol. The molecule has 1 atom stereocenters. The van der Waals surface area contributed by atoms with Gasteiger partial charge in [0.15, 0.2) is 0 Å². The third-order valence-corrected chi connectivity index (χ3v) is 5.01. The fraction of sp³-hybridized carbons (Fsp3) is 0.889. The molecule has 0 rings (SSSR count). The molecule has 1 N–H and O–H groups in total. The minimum atomic E-state index is -3.87. The first-order chi connectivity index (χ1) is 10.1. The zero-order chi connectivity index (χ0) is 17.6. The minimum Gasteiger partial charge on any atom is -0.285 e. The molecule has 0 aromatic rings. The van der Waals surface area contributed by atoms with Crippen LogP contribution in [0.25, 0.3) is 0 Å². The van der Waals surface area contributed by atoms with Crippen LogP contribution in [-0.4, -0.2) is 18.2 Å². The number of unbranched alkanes of at least 4 members (excludes halogenated alkanes) is 7. The van der Waals surface area contributed by atoms with Crippen molar-refractivity contribution in [3.05, 3.63) is 12.2 Å². The van der Waals surface area contributed by atoms with Crippen molar-refractivity contribution < 1.29 is 13.0 Å². The van der Waals surface area contributed by atoms with Gasteiger partial charge in [-0.2, -0.15) is 8.42 Å². The standard InChI is InChI=1S/C14H30O3S.C4H8/c1-4-5-6-7-8-9-10-11-12-14(13(2)3)18(15,16)17;1-4(2)3/h13-14H,4-12H2,1-3H3,(H,15,16,17);1H2,2-3H3. The molecule has 0 bridgehead atoms. The van der Waals surface area contributed by atoms with Gasteiger partial charge < -0.3 is 0 Å². The maximum absolute atomic E-state index is 11.2. The van der Waals surface area contributed by atoms with E-state index < -0.39 is 15.4 Å². The van der Waals surface area contributed by atoms with E-state index in [1.165, 1.54) is 44.1 Å². The minimum absolute atomic E-state index is 0.00967. The lowest BCUT2D eigenvalue weighted by atomic mass is 10.0. The topological polar surface area (TPSA) is 54.4 Å². The Bertz CT molecular complexity index is 355. The fourth-order valence-corrected chi connectivity index (χ4v) is 3.46. The molecule has 4 heteroatoms. The zero-order valence-electron chi connectivity index (χ0n) is 15.4. The van der Waals surface area contributed by atoms with Crippen molar-refractivity contribution in [2.45, 2.75) is 97.7 Å². The van der Waals surface area contributed by atoms with Crippen molar-refractivity contribution >= 4 is 10.1 Å². The van der Waals surface area contributed by atoms with E-state index in [1.54, 1.807) is 0 Å². The largest absolute Gasteiger partial charge is 0.285 e. The van der Waals surface area contributed by atoms with E-state index >= 15 is 0 Å². The monoisotopic (exact) mass is 334 g/mol. The van der Waals surface area contributed by atoms with Crippen molar-refractivity contribution in [2.75, 3.05) is 0 Å². The van der Waals surface area contributed by atoms with Crippen LogP contribution < -0.4 is 0 Å². The molecule has 0 aliphatic heterocycles.